The number of benzene rings is 6. The molecule has 0 aromatic heterocycles. The SMILES string of the molecule is c1ccc2c(c1)-c1ccccc1C2(c1cccc2c(OCCOCC3COC3)cccc12)c1cccc2c(OCCOCC3COC3)cccc12. The second kappa shape index (κ2) is 14.1. The molecule has 6 nitrogen and oxygen atoms in total. The Morgan fingerprint density at radius 2 is 0.843 bits per heavy atom. The topological polar surface area (TPSA) is 55.4 Å². The highest BCUT2D eigenvalue weighted by Crippen LogP contribution is 2.58. The minimum atomic E-state index is -0.606. The molecule has 2 saturated heterocycles. The first kappa shape index (κ1) is 32.2. The highest BCUT2D eigenvalue weighted by molar-refractivity contribution is 6.00. The monoisotopic (exact) mass is 678 g/mol. The van der Waals surface area contributed by atoms with E-state index in [1.807, 2.05) is 0 Å². The second-order valence-corrected chi connectivity index (χ2v) is 13.8. The van der Waals surface area contributed by atoms with Crippen molar-refractivity contribution in [2.75, 3.05) is 66.1 Å². The summed E-state index contributed by atoms with van der Waals surface area (Å²) < 4.78 is 35.2. The number of hydrogen-bond acceptors (Lipinski definition) is 6. The summed E-state index contributed by atoms with van der Waals surface area (Å²) in [5.41, 5.74) is 6.88. The van der Waals surface area contributed by atoms with Gasteiger partial charge in [0.05, 0.1) is 58.3 Å². The zero-order valence-corrected chi connectivity index (χ0v) is 28.7. The lowest BCUT2D eigenvalue weighted by Gasteiger charge is -2.36. The van der Waals surface area contributed by atoms with Gasteiger partial charge in [0.2, 0.25) is 0 Å². The molecule has 51 heavy (non-hydrogen) atoms. The van der Waals surface area contributed by atoms with E-state index < -0.39 is 5.41 Å². The van der Waals surface area contributed by atoms with Gasteiger partial charge in [0.25, 0.3) is 0 Å². The molecule has 6 aromatic rings. The normalized spacial score (nSPS) is 16.4. The lowest BCUT2D eigenvalue weighted by Crippen LogP contribution is -2.32. The molecule has 0 unspecified atom stereocenters. The first-order valence-corrected chi connectivity index (χ1v) is 18.1. The third-order valence-corrected chi connectivity index (χ3v) is 10.6. The third-order valence-electron chi connectivity index (χ3n) is 10.6. The van der Waals surface area contributed by atoms with Crippen molar-refractivity contribution < 1.29 is 28.4 Å². The Bertz CT molecular complexity index is 2010. The predicted octanol–water partition coefficient (Wildman–Crippen LogP) is 8.44. The Labute approximate surface area is 298 Å². The van der Waals surface area contributed by atoms with Gasteiger partial charge in [-0.3, -0.25) is 0 Å². The van der Waals surface area contributed by atoms with Crippen molar-refractivity contribution in [2.45, 2.75) is 5.41 Å². The van der Waals surface area contributed by atoms with Gasteiger partial charge in [-0.1, -0.05) is 109 Å². The molecule has 0 spiro atoms. The molecule has 2 fully saturated rings. The van der Waals surface area contributed by atoms with Gasteiger partial charge >= 0.3 is 0 Å². The Kier molecular flexibility index (Phi) is 8.92. The van der Waals surface area contributed by atoms with E-state index in [0.717, 1.165) is 59.5 Å². The van der Waals surface area contributed by atoms with Crippen molar-refractivity contribution >= 4 is 21.5 Å². The van der Waals surface area contributed by atoms with Crippen LogP contribution in [-0.4, -0.2) is 66.1 Å². The van der Waals surface area contributed by atoms with Crippen LogP contribution in [0.1, 0.15) is 22.3 Å². The summed E-state index contributed by atoms with van der Waals surface area (Å²) in [7, 11) is 0. The van der Waals surface area contributed by atoms with Crippen LogP contribution in [0, 0.1) is 11.8 Å². The summed E-state index contributed by atoms with van der Waals surface area (Å²) in [4.78, 5) is 0. The van der Waals surface area contributed by atoms with Crippen molar-refractivity contribution in [1.82, 2.24) is 0 Å². The molecular formula is C45H42O6. The number of rotatable bonds is 14. The van der Waals surface area contributed by atoms with E-state index in [4.69, 9.17) is 28.4 Å². The average molecular weight is 679 g/mol. The lowest BCUT2D eigenvalue weighted by atomic mass is 9.65. The molecule has 0 amide bonds. The Morgan fingerprint density at radius 1 is 0.431 bits per heavy atom. The fourth-order valence-electron chi connectivity index (χ4n) is 8.11. The minimum Gasteiger partial charge on any atom is -0.491 e. The van der Waals surface area contributed by atoms with Crippen LogP contribution in [0.3, 0.4) is 0 Å². The molecule has 0 saturated carbocycles. The van der Waals surface area contributed by atoms with Crippen LogP contribution >= 0.6 is 0 Å². The summed E-state index contributed by atoms with van der Waals surface area (Å²) >= 11 is 0. The van der Waals surface area contributed by atoms with Crippen molar-refractivity contribution in [1.29, 1.82) is 0 Å². The fraction of sp³-hybridized carbons (Fsp3) is 0.289. The molecule has 1 aliphatic carbocycles. The molecule has 0 N–H and O–H groups in total. The maximum Gasteiger partial charge on any atom is 0.127 e. The van der Waals surface area contributed by atoms with Crippen LogP contribution in [0.2, 0.25) is 0 Å². The van der Waals surface area contributed by atoms with Gasteiger partial charge in [-0.25, -0.2) is 0 Å². The molecule has 6 heteroatoms. The first-order valence-electron chi connectivity index (χ1n) is 18.1. The Hall–Kier alpha value is -4.72. The van der Waals surface area contributed by atoms with Crippen LogP contribution in [0.15, 0.2) is 121 Å². The van der Waals surface area contributed by atoms with Crippen LogP contribution in [0.5, 0.6) is 11.5 Å². The molecular weight excluding hydrogens is 636 g/mol. The van der Waals surface area contributed by atoms with E-state index in [9.17, 15) is 0 Å². The summed E-state index contributed by atoms with van der Waals surface area (Å²) in [5, 5.41) is 4.49. The number of hydrogen-bond donors (Lipinski definition) is 0. The number of ether oxygens (including phenoxy) is 6. The predicted molar refractivity (Wildman–Crippen MR) is 200 cm³/mol. The van der Waals surface area contributed by atoms with E-state index in [1.165, 1.54) is 33.4 Å². The van der Waals surface area contributed by atoms with Crippen LogP contribution in [-0.2, 0) is 24.4 Å². The van der Waals surface area contributed by atoms with Crippen molar-refractivity contribution in [3.8, 4) is 22.6 Å². The van der Waals surface area contributed by atoms with Crippen LogP contribution in [0.25, 0.3) is 32.7 Å². The molecule has 0 atom stereocenters. The summed E-state index contributed by atoms with van der Waals surface area (Å²) in [6, 6.07) is 44.0. The van der Waals surface area contributed by atoms with Gasteiger partial charge in [-0.05, 0) is 56.3 Å². The Balaban J connectivity index is 1.15. The van der Waals surface area contributed by atoms with Gasteiger partial charge < -0.3 is 28.4 Å². The summed E-state index contributed by atoms with van der Waals surface area (Å²) in [5.74, 6) is 2.73. The minimum absolute atomic E-state index is 0.486. The second-order valence-electron chi connectivity index (χ2n) is 13.8. The first-order chi connectivity index (χ1) is 25.3. The smallest absolute Gasteiger partial charge is 0.127 e. The van der Waals surface area contributed by atoms with E-state index >= 15 is 0 Å². The van der Waals surface area contributed by atoms with E-state index in [2.05, 4.69) is 121 Å². The molecule has 6 aromatic carbocycles. The van der Waals surface area contributed by atoms with Crippen molar-refractivity contribution in [3.63, 3.8) is 0 Å². The highest BCUT2D eigenvalue weighted by Gasteiger charge is 2.47. The zero-order valence-electron chi connectivity index (χ0n) is 28.7. The molecule has 258 valence electrons. The van der Waals surface area contributed by atoms with E-state index in [1.54, 1.807) is 0 Å². The Morgan fingerprint density at radius 3 is 1.29 bits per heavy atom. The van der Waals surface area contributed by atoms with Crippen molar-refractivity contribution in [2.24, 2.45) is 11.8 Å². The third kappa shape index (κ3) is 5.77. The summed E-state index contributed by atoms with van der Waals surface area (Å²) in [6.07, 6.45) is 0. The molecule has 0 radical (unpaired) electrons. The van der Waals surface area contributed by atoms with Crippen LogP contribution < -0.4 is 9.47 Å². The molecule has 2 aliphatic heterocycles. The quantitative estimate of drug-likeness (QED) is 0.108. The van der Waals surface area contributed by atoms with Gasteiger partial charge in [0.1, 0.15) is 24.7 Å². The van der Waals surface area contributed by atoms with Crippen molar-refractivity contribution in [3.05, 3.63) is 144 Å². The van der Waals surface area contributed by atoms with Gasteiger partial charge in [-0.15, -0.1) is 0 Å². The highest BCUT2D eigenvalue weighted by atomic mass is 16.5. The number of fused-ring (bicyclic) bond motifs is 5. The maximum atomic E-state index is 6.42. The zero-order chi connectivity index (χ0) is 34.0. The maximum absolute atomic E-state index is 6.42. The standard InChI is InChI=1S/C45H42O6/c1-3-15-39-33(9-1)34-10-2-4-16-40(34)45(39,41-17-5-13-37-35(41)11-7-19-43(37)50-23-21-46-25-31-27-48-28-31)42-18-6-14-38-36(42)12-8-20-44(38)51-24-22-47-26-32-29-49-30-32/h1-20,31-32H,21-30H2. The largest absolute Gasteiger partial charge is 0.491 e. The van der Waals surface area contributed by atoms with Gasteiger partial charge in [0.15, 0.2) is 0 Å². The fourth-order valence-corrected chi connectivity index (χ4v) is 8.11. The average Bonchev–Trinajstić information content (AvgIpc) is 3.43. The molecule has 9 rings (SSSR count). The summed E-state index contributed by atoms with van der Waals surface area (Å²) in [6.45, 7) is 6.64. The molecule has 3 aliphatic rings. The molecule has 2 heterocycles. The van der Waals surface area contributed by atoms with E-state index in [0.29, 0.717) is 51.5 Å². The van der Waals surface area contributed by atoms with Gasteiger partial charge in [0, 0.05) is 22.6 Å². The molecule has 0 bridgehead atoms. The van der Waals surface area contributed by atoms with E-state index in [-0.39, 0.29) is 0 Å². The lowest BCUT2D eigenvalue weighted by molar-refractivity contribution is -0.0738. The van der Waals surface area contributed by atoms with Crippen LogP contribution in [0.4, 0.5) is 0 Å². The van der Waals surface area contributed by atoms with Gasteiger partial charge in [-0.2, -0.15) is 0 Å².